The number of hydrogen-bond donors (Lipinski definition) is 1. The van der Waals surface area contributed by atoms with Gasteiger partial charge < -0.3 is 5.11 Å². The average Bonchev–Trinajstić information content (AvgIpc) is 2.94. The molecule has 4 heteroatoms. The topological polar surface area (TPSA) is 46.0 Å². The molecule has 0 unspecified atom stereocenters. The summed E-state index contributed by atoms with van der Waals surface area (Å²) < 4.78 is 0. The zero-order valence-electron chi connectivity index (χ0n) is 11.1. The van der Waals surface area contributed by atoms with Crippen LogP contribution in [0.1, 0.15) is 10.6 Å². The highest BCUT2D eigenvalue weighted by atomic mass is 32.1. The number of aromatic nitrogens is 2. The number of aliphatic hydroxyl groups excluding tert-OH is 1. The lowest BCUT2D eigenvalue weighted by molar-refractivity contribution is 0.282. The third-order valence-corrected chi connectivity index (χ3v) is 3.86. The standard InChI is InChI=1S/C16H14N2OS/c1-11-18-16(10-20-11)14-5-6-15(17-8-14)13-4-2-3-12(7-13)9-19/h2-8,10,19H,9H2,1H3. The Labute approximate surface area is 121 Å². The summed E-state index contributed by atoms with van der Waals surface area (Å²) in [7, 11) is 0. The summed E-state index contributed by atoms with van der Waals surface area (Å²) in [6, 6.07) is 11.8. The van der Waals surface area contributed by atoms with Gasteiger partial charge in [-0.15, -0.1) is 11.3 Å². The van der Waals surface area contributed by atoms with Crippen LogP contribution < -0.4 is 0 Å². The van der Waals surface area contributed by atoms with E-state index in [2.05, 4.69) is 9.97 Å². The SMILES string of the molecule is Cc1nc(-c2ccc(-c3cccc(CO)c3)nc2)cs1. The van der Waals surface area contributed by atoms with Gasteiger partial charge in [-0.2, -0.15) is 0 Å². The van der Waals surface area contributed by atoms with Gasteiger partial charge in [-0.3, -0.25) is 4.98 Å². The van der Waals surface area contributed by atoms with E-state index in [1.54, 1.807) is 11.3 Å². The highest BCUT2D eigenvalue weighted by molar-refractivity contribution is 7.09. The number of nitrogens with zero attached hydrogens (tertiary/aromatic N) is 2. The molecule has 0 aliphatic carbocycles. The smallest absolute Gasteiger partial charge is 0.0901 e. The Bertz CT molecular complexity index is 719. The van der Waals surface area contributed by atoms with E-state index >= 15 is 0 Å². The molecule has 2 heterocycles. The predicted octanol–water partition coefficient (Wildman–Crippen LogP) is 3.67. The first-order valence-electron chi connectivity index (χ1n) is 6.35. The minimum Gasteiger partial charge on any atom is -0.392 e. The summed E-state index contributed by atoms with van der Waals surface area (Å²) in [5.41, 5.74) is 4.80. The van der Waals surface area contributed by atoms with Crippen LogP contribution >= 0.6 is 11.3 Å². The summed E-state index contributed by atoms with van der Waals surface area (Å²) in [6.45, 7) is 2.04. The van der Waals surface area contributed by atoms with Crippen molar-refractivity contribution in [2.45, 2.75) is 13.5 Å². The van der Waals surface area contributed by atoms with E-state index in [0.717, 1.165) is 33.1 Å². The van der Waals surface area contributed by atoms with Crippen LogP contribution in [0, 0.1) is 6.92 Å². The molecule has 2 aromatic heterocycles. The summed E-state index contributed by atoms with van der Waals surface area (Å²) in [6.07, 6.45) is 1.84. The van der Waals surface area contributed by atoms with Gasteiger partial charge in [0.25, 0.3) is 0 Å². The minimum absolute atomic E-state index is 0.0457. The van der Waals surface area contributed by atoms with E-state index in [4.69, 9.17) is 0 Å². The molecule has 1 aromatic carbocycles. The van der Waals surface area contributed by atoms with Gasteiger partial charge in [-0.05, 0) is 30.7 Å². The van der Waals surface area contributed by atoms with Crippen molar-refractivity contribution in [3.8, 4) is 22.5 Å². The normalized spacial score (nSPS) is 10.7. The van der Waals surface area contributed by atoms with Crippen molar-refractivity contribution in [1.29, 1.82) is 0 Å². The molecule has 3 nitrogen and oxygen atoms in total. The first kappa shape index (κ1) is 13.0. The fourth-order valence-electron chi connectivity index (χ4n) is 2.04. The summed E-state index contributed by atoms with van der Waals surface area (Å²) >= 11 is 1.64. The van der Waals surface area contributed by atoms with Crippen LogP contribution in [-0.4, -0.2) is 15.1 Å². The second kappa shape index (κ2) is 5.53. The van der Waals surface area contributed by atoms with Crippen molar-refractivity contribution in [2.24, 2.45) is 0 Å². The Morgan fingerprint density at radius 3 is 2.65 bits per heavy atom. The van der Waals surface area contributed by atoms with Crippen LogP contribution in [0.5, 0.6) is 0 Å². The van der Waals surface area contributed by atoms with Crippen molar-refractivity contribution in [3.05, 3.63) is 58.5 Å². The van der Waals surface area contributed by atoms with E-state index in [1.165, 1.54) is 0 Å². The van der Waals surface area contributed by atoms with Gasteiger partial charge in [0.15, 0.2) is 0 Å². The maximum atomic E-state index is 9.18. The maximum absolute atomic E-state index is 9.18. The van der Waals surface area contributed by atoms with Crippen LogP contribution in [-0.2, 0) is 6.61 Å². The first-order chi connectivity index (χ1) is 9.76. The van der Waals surface area contributed by atoms with Crippen LogP contribution in [0.15, 0.2) is 48.0 Å². The third-order valence-electron chi connectivity index (χ3n) is 3.08. The van der Waals surface area contributed by atoms with E-state index in [-0.39, 0.29) is 6.61 Å². The van der Waals surface area contributed by atoms with Crippen molar-refractivity contribution in [3.63, 3.8) is 0 Å². The second-order valence-corrected chi connectivity index (χ2v) is 5.60. The van der Waals surface area contributed by atoms with E-state index in [9.17, 15) is 5.11 Å². The second-order valence-electron chi connectivity index (χ2n) is 4.54. The Balaban J connectivity index is 1.92. The number of pyridine rings is 1. The van der Waals surface area contributed by atoms with E-state index < -0.39 is 0 Å². The molecule has 0 saturated heterocycles. The minimum atomic E-state index is 0.0457. The van der Waals surface area contributed by atoms with Crippen molar-refractivity contribution >= 4 is 11.3 Å². The number of aryl methyl sites for hydroxylation is 1. The monoisotopic (exact) mass is 282 g/mol. The van der Waals surface area contributed by atoms with E-state index in [1.807, 2.05) is 54.9 Å². The van der Waals surface area contributed by atoms with Gasteiger partial charge in [-0.1, -0.05) is 18.2 Å². The highest BCUT2D eigenvalue weighted by Gasteiger charge is 2.04. The number of hydrogen-bond acceptors (Lipinski definition) is 4. The molecule has 0 saturated carbocycles. The molecule has 0 radical (unpaired) electrons. The Hall–Kier alpha value is -2.04. The molecule has 20 heavy (non-hydrogen) atoms. The summed E-state index contributed by atoms with van der Waals surface area (Å²) in [5, 5.41) is 12.3. The zero-order chi connectivity index (χ0) is 13.9. The molecule has 0 fully saturated rings. The molecular formula is C16H14N2OS. The fourth-order valence-corrected chi connectivity index (χ4v) is 2.66. The predicted molar refractivity (Wildman–Crippen MR) is 81.4 cm³/mol. The van der Waals surface area contributed by atoms with Crippen LogP contribution in [0.3, 0.4) is 0 Å². The molecule has 0 aliphatic heterocycles. The number of benzene rings is 1. The molecule has 0 spiro atoms. The van der Waals surface area contributed by atoms with Gasteiger partial charge in [-0.25, -0.2) is 4.98 Å². The lowest BCUT2D eigenvalue weighted by Crippen LogP contribution is -1.88. The maximum Gasteiger partial charge on any atom is 0.0901 e. The quantitative estimate of drug-likeness (QED) is 0.797. The van der Waals surface area contributed by atoms with Crippen LogP contribution in [0.25, 0.3) is 22.5 Å². The molecule has 0 atom stereocenters. The molecule has 100 valence electrons. The Morgan fingerprint density at radius 1 is 1.10 bits per heavy atom. The van der Waals surface area contributed by atoms with Crippen LogP contribution in [0.2, 0.25) is 0 Å². The number of aliphatic hydroxyl groups is 1. The number of rotatable bonds is 3. The Morgan fingerprint density at radius 2 is 2.00 bits per heavy atom. The Kier molecular flexibility index (Phi) is 3.58. The summed E-state index contributed by atoms with van der Waals surface area (Å²) in [5.74, 6) is 0. The molecular weight excluding hydrogens is 268 g/mol. The molecule has 0 bridgehead atoms. The van der Waals surface area contributed by atoms with Gasteiger partial charge >= 0.3 is 0 Å². The molecule has 1 N–H and O–H groups in total. The van der Waals surface area contributed by atoms with E-state index in [0.29, 0.717) is 0 Å². The fraction of sp³-hybridized carbons (Fsp3) is 0.125. The number of thiazole rings is 1. The zero-order valence-corrected chi connectivity index (χ0v) is 11.9. The summed E-state index contributed by atoms with van der Waals surface area (Å²) in [4.78, 5) is 8.95. The van der Waals surface area contributed by atoms with Gasteiger partial charge in [0.1, 0.15) is 0 Å². The average molecular weight is 282 g/mol. The largest absolute Gasteiger partial charge is 0.392 e. The van der Waals surface area contributed by atoms with Gasteiger partial charge in [0, 0.05) is 22.7 Å². The highest BCUT2D eigenvalue weighted by Crippen LogP contribution is 2.24. The molecule has 3 rings (SSSR count). The van der Waals surface area contributed by atoms with Crippen molar-refractivity contribution in [1.82, 2.24) is 9.97 Å². The molecule has 0 aliphatic rings. The van der Waals surface area contributed by atoms with Crippen molar-refractivity contribution in [2.75, 3.05) is 0 Å². The van der Waals surface area contributed by atoms with Gasteiger partial charge in [0.2, 0.25) is 0 Å². The van der Waals surface area contributed by atoms with Crippen molar-refractivity contribution < 1.29 is 5.11 Å². The molecule has 0 amide bonds. The lowest BCUT2D eigenvalue weighted by Gasteiger charge is -2.04. The van der Waals surface area contributed by atoms with Crippen LogP contribution in [0.4, 0.5) is 0 Å². The third kappa shape index (κ3) is 2.61. The lowest BCUT2D eigenvalue weighted by atomic mass is 10.1. The van der Waals surface area contributed by atoms with Gasteiger partial charge in [0.05, 0.1) is 23.0 Å². The first-order valence-corrected chi connectivity index (χ1v) is 7.23. The molecule has 3 aromatic rings.